The Morgan fingerprint density at radius 1 is 1.53 bits per heavy atom. The summed E-state index contributed by atoms with van der Waals surface area (Å²) in [4.78, 5) is 13.5. The highest BCUT2D eigenvalue weighted by atomic mass is 35.5. The number of halogens is 1. The van der Waals surface area contributed by atoms with Gasteiger partial charge in [0.25, 0.3) is 0 Å². The maximum Gasteiger partial charge on any atom is 0.229 e. The third-order valence-electron chi connectivity index (χ3n) is 2.69. The SMILES string of the molecule is CC(C)Cc1nnc(N2CC(CCl)CC2=O)s1. The van der Waals surface area contributed by atoms with E-state index in [0.717, 1.165) is 16.6 Å². The summed E-state index contributed by atoms with van der Waals surface area (Å²) in [7, 11) is 0. The van der Waals surface area contributed by atoms with E-state index in [9.17, 15) is 4.79 Å². The fourth-order valence-electron chi connectivity index (χ4n) is 1.86. The normalized spacial score (nSPS) is 20.6. The first kappa shape index (κ1) is 12.8. The standard InChI is InChI=1S/C11H16ClN3OS/c1-7(2)3-9-13-14-11(17-9)15-6-8(5-12)4-10(15)16/h7-8H,3-6H2,1-2H3. The van der Waals surface area contributed by atoms with Crippen LogP contribution in [0.3, 0.4) is 0 Å². The van der Waals surface area contributed by atoms with Crippen molar-refractivity contribution in [3.63, 3.8) is 0 Å². The highest BCUT2D eigenvalue weighted by Crippen LogP contribution is 2.28. The van der Waals surface area contributed by atoms with Crippen molar-refractivity contribution in [1.29, 1.82) is 0 Å². The van der Waals surface area contributed by atoms with E-state index in [1.54, 1.807) is 4.90 Å². The van der Waals surface area contributed by atoms with Crippen molar-refractivity contribution in [2.45, 2.75) is 26.7 Å². The molecular formula is C11H16ClN3OS. The fraction of sp³-hybridized carbons (Fsp3) is 0.727. The van der Waals surface area contributed by atoms with Crippen LogP contribution in [0.15, 0.2) is 0 Å². The lowest BCUT2D eigenvalue weighted by Gasteiger charge is -2.10. The van der Waals surface area contributed by atoms with Gasteiger partial charge in [0, 0.05) is 25.3 Å². The van der Waals surface area contributed by atoms with E-state index in [4.69, 9.17) is 11.6 Å². The average Bonchev–Trinajstić information content (AvgIpc) is 2.83. The number of aromatic nitrogens is 2. The third kappa shape index (κ3) is 2.96. The van der Waals surface area contributed by atoms with Gasteiger partial charge in [0.1, 0.15) is 5.01 Å². The summed E-state index contributed by atoms with van der Waals surface area (Å²) in [5, 5.41) is 9.95. The minimum Gasteiger partial charge on any atom is -0.286 e. The minimum absolute atomic E-state index is 0.114. The molecule has 6 heteroatoms. The topological polar surface area (TPSA) is 46.1 Å². The van der Waals surface area contributed by atoms with Gasteiger partial charge in [-0.05, 0) is 11.8 Å². The van der Waals surface area contributed by atoms with Crippen molar-refractivity contribution in [3.8, 4) is 0 Å². The number of nitrogens with zero attached hydrogens (tertiary/aromatic N) is 3. The Morgan fingerprint density at radius 3 is 2.88 bits per heavy atom. The molecular weight excluding hydrogens is 258 g/mol. The molecule has 1 aromatic heterocycles. The molecule has 0 aromatic carbocycles. The molecule has 1 saturated heterocycles. The first-order valence-electron chi connectivity index (χ1n) is 5.79. The van der Waals surface area contributed by atoms with Gasteiger partial charge in [0.2, 0.25) is 11.0 Å². The lowest BCUT2D eigenvalue weighted by molar-refractivity contribution is -0.117. The number of alkyl halides is 1. The zero-order chi connectivity index (χ0) is 12.4. The number of anilines is 1. The van der Waals surface area contributed by atoms with E-state index in [1.807, 2.05) is 0 Å². The van der Waals surface area contributed by atoms with Crippen molar-refractivity contribution in [1.82, 2.24) is 10.2 Å². The van der Waals surface area contributed by atoms with Crippen LogP contribution >= 0.6 is 22.9 Å². The van der Waals surface area contributed by atoms with Gasteiger partial charge in [-0.3, -0.25) is 9.69 Å². The molecule has 0 bridgehead atoms. The molecule has 4 nitrogen and oxygen atoms in total. The Kier molecular flexibility index (Phi) is 3.99. The van der Waals surface area contributed by atoms with Gasteiger partial charge in [-0.15, -0.1) is 21.8 Å². The molecule has 2 rings (SSSR count). The van der Waals surface area contributed by atoms with Crippen LogP contribution < -0.4 is 4.90 Å². The van der Waals surface area contributed by atoms with Crippen molar-refractivity contribution in [2.75, 3.05) is 17.3 Å². The molecule has 1 aliphatic rings. The summed E-state index contributed by atoms with van der Waals surface area (Å²) in [5.41, 5.74) is 0. The number of carbonyl (C=O) groups is 1. The van der Waals surface area contributed by atoms with Crippen molar-refractivity contribution >= 4 is 34.0 Å². The van der Waals surface area contributed by atoms with Crippen LogP contribution in [-0.2, 0) is 11.2 Å². The molecule has 1 amide bonds. The quantitative estimate of drug-likeness (QED) is 0.791. The molecule has 0 saturated carbocycles. The molecule has 1 aliphatic heterocycles. The first-order chi connectivity index (χ1) is 8.10. The van der Waals surface area contributed by atoms with Gasteiger partial charge in [-0.2, -0.15) is 0 Å². The van der Waals surface area contributed by atoms with Gasteiger partial charge in [0.05, 0.1) is 0 Å². The van der Waals surface area contributed by atoms with Crippen LogP contribution in [0.4, 0.5) is 5.13 Å². The maximum atomic E-state index is 11.8. The van der Waals surface area contributed by atoms with Gasteiger partial charge in [-0.1, -0.05) is 25.2 Å². The summed E-state index contributed by atoms with van der Waals surface area (Å²) in [5.74, 6) is 1.45. The number of carbonyl (C=O) groups excluding carboxylic acids is 1. The lowest BCUT2D eigenvalue weighted by atomic mass is 10.1. The Bertz CT molecular complexity index is 407. The van der Waals surface area contributed by atoms with Gasteiger partial charge in [0.15, 0.2) is 0 Å². The van der Waals surface area contributed by atoms with Crippen LogP contribution in [0.1, 0.15) is 25.3 Å². The summed E-state index contributed by atoms with van der Waals surface area (Å²) in [6.07, 6.45) is 1.45. The fourth-order valence-corrected chi connectivity index (χ4v) is 3.14. The molecule has 1 atom stereocenters. The maximum absolute atomic E-state index is 11.8. The van der Waals surface area contributed by atoms with Gasteiger partial charge < -0.3 is 0 Å². The van der Waals surface area contributed by atoms with E-state index >= 15 is 0 Å². The molecule has 2 heterocycles. The first-order valence-corrected chi connectivity index (χ1v) is 7.14. The van der Waals surface area contributed by atoms with E-state index < -0.39 is 0 Å². The van der Waals surface area contributed by atoms with Crippen molar-refractivity contribution in [2.24, 2.45) is 11.8 Å². The van der Waals surface area contributed by atoms with E-state index in [-0.39, 0.29) is 11.8 Å². The zero-order valence-corrected chi connectivity index (χ0v) is 11.6. The Morgan fingerprint density at radius 2 is 2.29 bits per heavy atom. The monoisotopic (exact) mass is 273 g/mol. The molecule has 0 N–H and O–H groups in total. The number of hydrogen-bond acceptors (Lipinski definition) is 4. The summed E-state index contributed by atoms with van der Waals surface area (Å²) < 4.78 is 0. The highest BCUT2D eigenvalue weighted by Gasteiger charge is 2.32. The van der Waals surface area contributed by atoms with Crippen molar-refractivity contribution < 1.29 is 4.79 Å². The second-order valence-electron chi connectivity index (χ2n) is 4.81. The van der Waals surface area contributed by atoms with E-state index in [0.29, 0.717) is 24.8 Å². The lowest BCUT2D eigenvalue weighted by Crippen LogP contribution is -2.24. The minimum atomic E-state index is 0.114. The average molecular weight is 274 g/mol. The van der Waals surface area contributed by atoms with Crippen LogP contribution in [0, 0.1) is 11.8 Å². The summed E-state index contributed by atoms with van der Waals surface area (Å²) >= 11 is 7.30. The molecule has 0 aliphatic carbocycles. The van der Waals surface area contributed by atoms with Crippen molar-refractivity contribution in [3.05, 3.63) is 5.01 Å². The van der Waals surface area contributed by atoms with Crippen LogP contribution in [0.5, 0.6) is 0 Å². The Hall–Kier alpha value is -0.680. The van der Waals surface area contributed by atoms with Crippen LogP contribution in [-0.4, -0.2) is 28.5 Å². The van der Waals surface area contributed by atoms with E-state index in [2.05, 4.69) is 24.0 Å². The van der Waals surface area contributed by atoms with Crippen LogP contribution in [0.2, 0.25) is 0 Å². The highest BCUT2D eigenvalue weighted by molar-refractivity contribution is 7.15. The zero-order valence-electron chi connectivity index (χ0n) is 10.0. The largest absolute Gasteiger partial charge is 0.286 e. The molecule has 0 spiro atoms. The Labute approximate surface area is 110 Å². The predicted molar refractivity (Wildman–Crippen MR) is 69.6 cm³/mol. The third-order valence-corrected chi connectivity index (χ3v) is 4.10. The number of hydrogen-bond donors (Lipinski definition) is 0. The molecule has 0 radical (unpaired) electrons. The summed E-state index contributed by atoms with van der Waals surface area (Å²) in [6, 6.07) is 0. The molecule has 1 aromatic rings. The van der Waals surface area contributed by atoms with Gasteiger partial charge in [-0.25, -0.2) is 0 Å². The van der Waals surface area contributed by atoms with E-state index in [1.165, 1.54) is 11.3 Å². The number of rotatable bonds is 4. The predicted octanol–water partition coefficient (Wildman–Crippen LogP) is 2.33. The Balaban J connectivity index is 2.07. The molecule has 17 heavy (non-hydrogen) atoms. The smallest absolute Gasteiger partial charge is 0.229 e. The molecule has 94 valence electrons. The second kappa shape index (κ2) is 5.31. The van der Waals surface area contributed by atoms with Gasteiger partial charge >= 0.3 is 0 Å². The van der Waals surface area contributed by atoms with Crippen LogP contribution in [0.25, 0.3) is 0 Å². The molecule has 1 unspecified atom stereocenters. The summed E-state index contributed by atoms with van der Waals surface area (Å²) in [6.45, 7) is 4.97. The second-order valence-corrected chi connectivity index (χ2v) is 6.15. The number of amides is 1. The molecule has 1 fully saturated rings.